The van der Waals surface area contributed by atoms with Crippen molar-refractivity contribution in [1.29, 1.82) is 0 Å². The molecule has 4 amide bonds. The molecular weight excluding hydrogens is 696 g/mol. The maximum absolute atomic E-state index is 14.5. The summed E-state index contributed by atoms with van der Waals surface area (Å²) in [4.78, 5) is 57.0. The lowest BCUT2D eigenvalue weighted by molar-refractivity contribution is -0.144. The quantitative estimate of drug-likeness (QED) is 0.337. The second-order valence-corrected chi connectivity index (χ2v) is 17.3. The first-order valence-corrected chi connectivity index (χ1v) is 19.5. The number of nitrogens with one attached hydrogen (secondary N) is 3. The molecular formula is C37H45ClN4O8S. The summed E-state index contributed by atoms with van der Waals surface area (Å²) in [6, 6.07) is 10.3. The molecule has 0 bridgehead atoms. The number of benzene rings is 2. The summed E-state index contributed by atoms with van der Waals surface area (Å²) >= 11 is 6.15. The second-order valence-electron chi connectivity index (χ2n) is 14.9. The molecule has 14 heteroatoms. The Labute approximate surface area is 303 Å². The first-order chi connectivity index (χ1) is 24.1. The normalized spacial score (nSPS) is 25.5. The molecule has 2 fully saturated rings. The Morgan fingerprint density at radius 2 is 1.76 bits per heavy atom. The summed E-state index contributed by atoms with van der Waals surface area (Å²) in [5.41, 5.74) is -0.735. The van der Waals surface area contributed by atoms with Crippen LogP contribution in [0.25, 0.3) is 0 Å². The van der Waals surface area contributed by atoms with E-state index < -0.39 is 68.2 Å². The highest BCUT2D eigenvalue weighted by atomic mass is 35.5. The van der Waals surface area contributed by atoms with Crippen molar-refractivity contribution in [2.45, 2.75) is 114 Å². The van der Waals surface area contributed by atoms with Gasteiger partial charge >= 0.3 is 6.09 Å². The van der Waals surface area contributed by atoms with Crippen LogP contribution in [0.3, 0.4) is 0 Å². The van der Waals surface area contributed by atoms with Gasteiger partial charge in [-0.15, -0.1) is 0 Å². The number of carbonyl (C=O) groups is 4. The number of hydrogen-bond donors (Lipinski definition) is 3. The summed E-state index contributed by atoms with van der Waals surface area (Å²) in [6.07, 6.45) is 7.59. The van der Waals surface area contributed by atoms with E-state index in [0.29, 0.717) is 48.6 Å². The average Bonchev–Trinajstić information content (AvgIpc) is 3.98. The molecule has 2 aliphatic carbocycles. The topological polar surface area (TPSA) is 160 Å². The molecule has 2 aromatic rings. The molecule has 2 aliphatic heterocycles. The van der Waals surface area contributed by atoms with Crippen LogP contribution in [0.15, 0.2) is 54.6 Å². The first-order valence-electron chi connectivity index (χ1n) is 17.5. The van der Waals surface area contributed by atoms with Crippen LogP contribution in [0.2, 0.25) is 5.02 Å². The van der Waals surface area contributed by atoms with Crippen LogP contribution in [0.5, 0.6) is 11.5 Å². The number of sulfonamides is 1. The van der Waals surface area contributed by atoms with E-state index in [0.717, 1.165) is 24.0 Å². The Morgan fingerprint density at radius 3 is 2.49 bits per heavy atom. The fourth-order valence-corrected chi connectivity index (χ4v) is 8.22. The predicted molar refractivity (Wildman–Crippen MR) is 190 cm³/mol. The number of hydrogen-bond acceptors (Lipinski definition) is 8. The van der Waals surface area contributed by atoms with Crippen molar-refractivity contribution >= 4 is 45.4 Å². The van der Waals surface area contributed by atoms with Gasteiger partial charge in [0.25, 0.3) is 5.91 Å². The number of alkyl carbamates (subject to hydrolysis) is 1. The molecule has 0 saturated heterocycles. The zero-order valence-corrected chi connectivity index (χ0v) is 30.6. The third-order valence-corrected chi connectivity index (χ3v) is 11.7. The average molecular weight is 741 g/mol. The Bertz CT molecular complexity index is 1840. The summed E-state index contributed by atoms with van der Waals surface area (Å²) < 4.78 is 39.4. The van der Waals surface area contributed by atoms with E-state index in [1.54, 1.807) is 51.1 Å². The number of carbonyl (C=O) groups excluding carboxylic acids is 4. The van der Waals surface area contributed by atoms with E-state index in [1.807, 2.05) is 24.3 Å². The van der Waals surface area contributed by atoms with Gasteiger partial charge in [0, 0.05) is 23.9 Å². The summed E-state index contributed by atoms with van der Waals surface area (Å²) in [6.45, 7) is 5.25. The lowest BCUT2D eigenvalue weighted by atomic mass is 9.91. The molecule has 3 N–H and O–H groups in total. The molecule has 2 aromatic carbocycles. The van der Waals surface area contributed by atoms with Crippen LogP contribution in [-0.4, -0.2) is 65.6 Å². The molecule has 4 aliphatic rings. The molecule has 0 spiro atoms. The molecule has 2 heterocycles. The molecule has 12 nitrogen and oxygen atoms in total. The number of nitrogens with zero attached hydrogens (tertiary/aromatic N) is 1. The van der Waals surface area contributed by atoms with Crippen molar-refractivity contribution in [2.75, 3.05) is 0 Å². The van der Waals surface area contributed by atoms with Gasteiger partial charge in [0.2, 0.25) is 21.8 Å². The number of amides is 4. The smallest absolute Gasteiger partial charge is 0.408 e. The van der Waals surface area contributed by atoms with Gasteiger partial charge in [0.15, 0.2) is 0 Å². The Morgan fingerprint density at radius 1 is 1.00 bits per heavy atom. The van der Waals surface area contributed by atoms with Crippen LogP contribution in [0, 0.1) is 5.92 Å². The third kappa shape index (κ3) is 8.86. The number of allylic oxidation sites excluding steroid dienone is 1. The highest BCUT2D eigenvalue weighted by Gasteiger charge is 2.62. The van der Waals surface area contributed by atoms with Gasteiger partial charge in [-0.3, -0.25) is 19.1 Å². The van der Waals surface area contributed by atoms with Crippen molar-refractivity contribution in [2.24, 2.45) is 5.92 Å². The van der Waals surface area contributed by atoms with E-state index in [9.17, 15) is 27.6 Å². The minimum Gasteiger partial charge on any atom is -0.457 e. The van der Waals surface area contributed by atoms with Crippen LogP contribution in [0.4, 0.5) is 4.79 Å². The van der Waals surface area contributed by atoms with Crippen LogP contribution >= 0.6 is 11.6 Å². The van der Waals surface area contributed by atoms with E-state index >= 15 is 0 Å². The molecule has 0 aromatic heterocycles. The molecule has 274 valence electrons. The minimum absolute atomic E-state index is 0.0504. The van der Waals surface area contributed by atoms with E-state index in [4.69, 9.17) is 21.1 Å². The van der Waals surface area contributed by atoms with E-state index in [-0.39, 0.29) is 19.4 Å². The lowest BCUT2D eigenvalue weighted by Crippen LogP contribution is -2.61. The molecule has 51 heavy (non-hydrogen) atoms. The Balaban J connectivity index is 1.33. The zero-order chi connectivity index (χ0) is 36.6. The standard InChI is InChI=1S/C37H45ClN4O8S/c1-36(2,3)50-35(46)39-30-13-8-6-4-5-7-10-25-21-37(25,34(45)41-51(47,48)29-16-17-29)40-32(43)31-19-24-18-28(49-27-12-9-11-26(38)20-27)15-14-23(24)22-42(31)33(30)44/h7,9-12,14-15,18,20,25,29-31H,4-6,8,13,16-17,19,21-22H2,1-3H3,(H,39,46)(H,40,43)(H,41,45)/t25-,30+,31?,37-/m1/s1. The minimum atomic E-state index is -3.88. The van der Waals surface area contributed by atoms with Crippen molar-refractivity contribution < 1.29 is 37.1 Å². The van der Waals surface area contributed by atoms with Gasteiger partial charge in [-0.05, 0) is 101 Å². The van der Waals surface area contributed by atoms with Gasteiger partial charge in [0.1, 0.15) is 34.7 Å². The van der Waals surface area contributed by atoms with Crippen molar-refractivity contribution in [3.8, 4) is 11.5 Å². The Hall–Kier alpha value is -4.10. The number of fused-ring (bicyclic) bond motifs is 3. The van der Waals surface area contributed by atoms with Crippen LogP contribution < -0.4 is 20.1 Å². The van der Waals surface area contributed by atoms with Crippen molar-refractivity contribution in [1.82, 2.24) is 20.3 Å². The van der Waals surface area contributed by atoms with Crippen LogP contribution in [0.1, 0.15) is 83.3 Å². The van der Waals surface area contributed by atoms with Gasteiger partial charge in [-0.25, -0.2) is 13.2 Å². The van der Waals surface area contributed by atoms with Crippen LogP contribution in [-0.2, 0) is 42.1 Å². The predicted octanol–water partition coefficient (Wildman–Crippen LogP) is 5.28. The molecule has 2 saturated carbocycles. The summed E-state index contributed by atoms with van der Waals surface area (Å²) in [5, 5.41) is 5.54. The zero-order valence-electron chi connectivity index (χ0n) is 29.1. The SMILES string of the molecule is CC(C)(C)OC(=O)N[C@H]1CCCCCC=C[C@@H]2C[C@@]2(C(=O)NS(=O)(=O)C2CC2)NC(=O)C2Cc3cc(Oc4cccc(Cl)c4)ccc3CN2C1=O. The number of halogens is 1. The highest BCUT2D eigenvalue weighted by molar-refractivity contribution is 7.91. The van der Waals surface area contributed by atoms with Gasteiger partial charge < -0.3 is 25.0 Å². The molecule has 4 atom stereocenters. The largest absolute Gasteiger partial charge is 0.457 e. The van der Waals surface area contributed by atoms with Gasteiger partial charge in [-0.2, -0.15) is 0 Å². The second kappa shape index (κ2) is 14.5. The highest BCUT2D eigenvalue weighted by Crippen LogP contribution is 2.46. The van der Waals surface area contributed by atoms with Gasteiger partial charge in [-0.1, -0.05) is 48.7 Å². The van der Waals surface area contributed by atoms with E-state index in [2.05, 4.69) is 15.4 Å². The monoisotopic (exact) mass is 740 g/mol. The maximum Gasteiger partial charge on any atom is 0.408 e. The van der Waals surface area contributed by atoms with Gasteiger partial charge in [0.05, 0.1) is 5.25 Å². The summed E-state index contributed by atoms with van der Waals surface area (Å²) in [5.74, 6) is -1.22. The number of ether oxygens (including phenoxy) is 2. The van der Waals surface area contributed by atoms with Crippen molar-refractivity contribution in [3.05, 3.63) is 70.8 Å². The third-order valence-electron chi connectivity index (χ3n) is 9.61. The molecule has 0 radical (unpaired) electrons. The van der Waals surface area contributed by atoms with Crippen molar-refractivity contribution in [3.63, 3.8) is 0 Å². The fraction of sp³-hybridized carbons (Fsp3) is 0.514. The first kappa shape index (κ1) is 36.7. The molecule has 6 rings (SSSR count). The molecule has 1 unspecified atom stereocenters. The Kier molecular flexibility index (Phi) is 10.4. The summed E-state index contributed by atoms with van der Waals surface area (Å²) in [7, 11) is -3.88. The van der Waals surface area contributed by atoms with E-state index in [1.165, 1.54) is 4.90 Å². The fourth-order valence-electron chi connectivity index (χ4n) is 6.68. The lowest BCUT2D eigenvalue weighted by Gasteiger charge is -2.39. The number of rotatable bonds is 6. The maximum atomic E-state index is 14.5.